The highest BCUT2D eigenvalue weighted by atomic mass is 16.3. The summed E-state index contributed by atoms with van der Waals surface area (Å²) in [6.45, 7) is 0. The van der Waals surface area contributed by atoms with Gasteiger partial charge in [0.2, 0.25) is 5.71 Å². The molecule has 212 valence electrons. The average Bonchev–Trinajstić information content (AvgIpc) is 3.64. The second-order valence-corrected chi connectivity index (χ2v) is 11.3. The van der Waals surface area contributed by atoms with Gasteiger partial charge in [0.05, 0.1) is 11.0 Å². The quantitative estimate of drug-likeness (QED) is 0.204. The predicted molar refractivity (Wildman–Crippen MR) is 186 cm³/mol. The molecule has 0 amide bonds. The zero-order valence-electron chi connectivity index (χ0n) is 24.3. The number of pyridine rings is 1. The van der Waals surface area contributed by atoms with E-state index in [1.54, 1.807) is 6.20 Å². The molecule has 0 aliphatic carbocycles. The van der Waals surface area contributed by atoms with E-state index in [1.165, 1.54) is 21.8 Å². The van der Waals surface area contributed by atoms with E-state index in [0.29, 0.717) is 5.71 Å². The first-order valence-corrected chi connectivity index (χ1v) is 15.1. The van der Waals surface area contributed by atoms with Crippen molar-refractivity contribution in [3.8, 4) is 16.8 Å². The van der Waals surface area contributed by atoms with Crippen molar-refractivity contribution in [2.45, 2.75) is 0 Å². The van der Waals surface area contributed by atoms with Gasteiger partial charge in [0, 0.05) is 50.5 Å². The number of anilines is 3. The van der Waals surface area contributed by atoms with E-state index in [2.05, 4.69) is 166 Å². The van der Waals surface area contributed by atoms with Crippen LogP contribution in [0.2, 0.25) is 0 Å². The van der Waals surface area contributed by atoms with Gasteiger partial charge in [-0.1, -0.05) is 72.8 Å². The molecule has 0 N–H and O–H groups in total. The fourth-order valence-corrected chi connectivity index (χ4v) is 6.57. The number of fused-ring (bicyclic) bond motifs is 6. The van der Waals surface area contributed by atoms with Crippen molar-refractivity contribution in [3.05, 3.63) is 164 Å². The lowest BCUT2D eigenvalue weighted by Gasteiger charge is -2.25. The summed E-state index contributed by atoms with van der Waals surface area (Å²) in [5.41, 5.74) is 10.6. The van der Waals surface area contributed by atoms with Crippen LogP contribution in [0.25, 0.3) is 60.7 Å². The molecule has 0 spiro atoms. The van der Waals surface area contributed by atoms with Crippen LogP contribution in [0, 0.1) is 0 Å². The van der Waals surface area contributed by atoms with Crippen molar-refractivity contribution in [3.63, 3.8) is 0 Å². The number of hydrogen-bond acceptors (Lipinski definition) is 3. The summed E-state index contributed by atoms with van der Waals surface area (Å²) in [6, 6.07) is 55.8. The van der Waals surface area contributed by atoms with Gasteiger partial charge in [-0.15, -0.1) is 0 Å². The summed E-state index contributed by atoms with van der Waals surface area (Å²) >= 11 is 0. The second-order valence-electron chi connectivity index (χ2n) is 11.3. The minimum absolute atomic E-state index is 0.671. The normalized spacial score (nSPS) is 11.6. The van der Waals surface area contributed by atoms with Gasteiger partial charge in [-0.05, 0) is 96.1 Å². The Bertz CT molecular complexity index is 2440. The molecule has 4 heteroatoms. The van der Waals surface area contributed by atoms with Gasteiger partial charge in [-0.25, -0.2) is 4.98 Å². The largest absolute Gasteiger partial charge is 0.438 e. The molecule has 9 rings (SSSR count). The summed E-state index contributed by atoms with van der Waals surface area (Å²) in [5, 5.41) is 4.57. The smallest absolute Gasteiger partial charge is 0.227 e. The van der Waals surface area contributed by atoms with Gasteiger partial charge in [0.25, 0.3) is 0 Å². The van der Waals surface area contributed by atoms with E-state index < -0.39 is 0 Å². The van der Waals surface area contributed by atoms with Gasteiger partial charge >= 0.3 is 0 Å². The summed E-state index contributed by atoms with van der Waals surface area (Å²) in [6.07, 6.45) is 1.77. The molecule has 9 aromatic rings. The van der Waals surface area contributed by atoms with Gasteiger partial charge in [-0.3, -0.25) is 0 Å². The van der Waals surface area contributed by atoms with Crippen LogP contribution >= 0.6 is 0 Å². The van der Waals surface area contributed by atoms with Crippen molar-refractivity contribution >= 4 is 60.9 Å². The Morgan fingerprint density at radius 1 is 0.467 bits per heavy atom. The molecule has 0 aliphatic rings. The first-order chi connectivity index (χ1) is 22.3. The third-order valence-corrected chi connectivity index (χ3v) is 8.65. The highest BCUT2D eigenvalue weighted by Gasteiger charge is 2.17. The van der Waals surface area contributed by atoms with Crippen LogP contribution in [-0.2, 0) is 0 Å². The summed E-state index contributed by atoms with van der Waals surface area (Å²) in [5.74, 6) is 0. The van der Waals surface area contributed by atoms with Gasteiger partial charge < -0.3 is 13.9 Å². The van der Waals surface area contributed by atoms with E-state index in [0.717, 1.165) is 50.2 Å². The Kier molecular flexibility index (Phi) is 5.78. The zero-order chi connectivity index (χ0) is 29.7. The van der Waals surface area contributed by atoms with Crippen molar-refractivity contribution in [2.75, 3.05) is 4.90 Å². The zero-order valence-corrected chi connectivity index (χ0v) is 24.3. The van der Waals surface area contributed by atoms with Crippen LogP contribution in [0.15, 0.2) is 168 Å². The van der Waals surface area contributed by atoms with Crippen LogP contribution in [0.5, 0.6) is 0 Å². The molecule has 45 heavy (non-hydrogen) atoms. The number of aromatic nitrogens is 2. The van der Waals surface area contributed by atoms with E-state index in [4.69, 9.17) is 4.42 Å². The van der Waals surface area contributed by atoms with Crippen LogP contribution in [-0.4, -0.2) is 9.55 Å². The van der Waals surface area contributed by atoms with Crippen molar-refractivity contribution < 1.29 is 4.42 Å². The number of para-hydroxylation sites is 3. The van der Waals surface area contributed by atoms with Crippen LogP contribution in [0.4, 0.5) is 17.1 Å². The Morgan fingerprint density at radius 2 is 1.13 bits per heavy atom. The summed E-state index contributed by atoms with van der Waals surface area (Å²) < 4.78 is 8.42. The Morgan fingerprint density at radius 3 is 1.91 bits per heavy atom. The highest BCUT2D eigenvalue weighted by Crippen LogP contribution is 2.40. The molecule has 0 saturated heterocycles. The van der Waals surface area contributed by atoms with E-state index >= 15 is 0 Å². The summed E-state index contributed by atoms with van der Waals surface area (Å²) in [7, 11) is 0. The molecule has 6 aromatic carbocycles. The van der Waals surface area contributed by atoms with E-state index in [1.807, 2.05) is 6.07 Å². The minimum Gasteiger partial charge on any atom is -0.438 e. The molecular weight excluding hydrogens is 550 g/mol. The van der Waals surface area contributed by atoms with Crippen molar-refractivity contribution in [1.29, 1.82) is 0 Å². The number of furan rings is 1. The maximum Gasteiger partial charge on any atom is 0.227 e. The van der Waals surface area contributed by atoms with Gasteiger partial charge in [0.15, 0.2) is 0 Å². The molecule has 0 aliphatic heterocycles. The lowest BCUT2D eigenvalue weighted by Crippen LogP contribution is -2.09. The first-order valence-electron chi connectivity index (χ1n) is 15.1. The van der Waals surface area contributed by atoms with Crippen molar-refractivity contribution in [1.82, 2.24) is 9.55 Å². The Balaban J connectivity index is 1.15. The molecule has 4 nitrogen and oxygen atoms in total. The SMILES string of the molecule is c1ccc(N(c2ccccc2)c2ccc3c(c2)c2ccccc2n3-c2ccc(-c3ccc4c(c3)oc3ncccc34)cc2)cc1. The molecule has 0 fully saturated rings. The van der Waals surface area contributed by atoms with Gasteiger partial charge in [-0.2, -0.15) is 0 Å². The lowest BCUT2D eigenvalue weighted by atomic mass is 10.0. The second kappa shape index (κ2) is 10.2. The third kappa shape index (κ3) is 4.19. The average molecular weight is 578 g/mol. The van der Waals surface area contributed by atoms with E-state index in [-0.39, 0.29) is 0 Å². The topological polar surface area (TPSA) is 34.2 Å². The maximum atomic E-state index is 6.06. The fourth-order valence-electron chi connectivity index (χ4n) is 6.57. The molecule has 0 saturated carbocycles. The van der Waals surface area contributed by atoms with Crippen LogP contribution in [0.1, 0.15) is 0 Å². The summed E-state index contributed by atoms with van der Waals surface area (Å²) in [4.78, 5) is 6.70. The van der Waals surface area contributed by atoms with Crippen LogP contribution in [0.3, 0.4) is 0 Å². The molecule has 0 atom stereocenters. The highest BCUT2D eigenvalue weighted by molar-refractivity contribution is 6.11. The minimum atomic E-state index is 0.671. The molecule has 0 unspecified atom stereocenters. The Labute approximate surface area is 260 Å². The van der Waals surface area contributed by atoms with Gasteiger partial charge in [0.1, 0.15) is 5.58 Å². The third-order valence-electron chi connectivity index (χ3n) is 8.65. The molecule has 0 radical (unpaired) electrons. The fraction of sp³-hybridized carbons (Fsp3) is 0. The molecular formula is C41H27N3O. The lowest BCUT2D eigenvalue weighted by molar-refractivity contribution is 0.654. The molecule has 3 heterocycles. The molecule has 3 aromatic heterocycles. The molecule has 0 bridgehead atoms. The number of rotatable bonds is 5. The standard InChI is InChI=1S/C41H27N3O/c1-3-10-30(11-4-1)43(31-12-5-2-6-13-31)33-22-24-39-37(27-33)34-14-7-8-16-38(34)44(39)32-20-17-28(18-21-32)29-19-23-35-36-15-9-25-42-41(36)45-40(35)26-29/h1-27H. The van der Waals surface area contributed by atoms with Crippen molar-refractivity contribution in [2.24, 2.45) is 0 Å². The first kappa shape index (κ1) is 25.4. The number of benzene rings is 6. The van der Waals surface area contributed by atoms with Crippen LogP contribution < -0.4 is 4.90 Å². The van der Waals surface area contributed by atoms with E-state index in [9.17, 15) is 0 Å². The number of nitrogens with zero attached hydrogens (tertiary/aromatic N) is 3. The maximum absolute atomic E-state index is 6.06. The monoisotopic (exact) mass is 577 g/mol. The predicted octanol–water partition coefficient (Wildman–Crippen LogP) is 11.2. The number of hydrogen-bond donors (Lipinski definition) is 0. The Hall–Kier alpha value is -6.13.